The molecule has 332 valence electrons. The number of carbonyl (C=O) groups excluding carboxylic acids is 6. The lowest BCUT2D eigenvalue weighted by Crippen LogP contribution is -2.54. The number of alkyl carbamates (subject to hydrolysis) is 1. The van der Waals surface area contributed by atoms with Crippen LogP contribution < -0.4 is 20.9 Å². The van der Waals surface area contributed by atoms with E-state index in [4.69, 9.17) is 9.47 Å². The van der Waals surface area contributed by atoms with E-state index in [9.17, 15) is 33.2 Å². The first-order chi connectivity index (χ1) is 29.7. The second kappa shape index (κ2) is 20.3. The van der Waals surface area contributed by atoms with Crippen molar-refractivity contribution in [2.75, 3.05) is 42.8 Å². The fourth-order valence-corrected chi connectivity index (χ4v) is 9.04. The fourth-order valence-electron chi connectivity index (χ4n) is 9.04. The van der Waals surface area contributed by atoms with Crippen LogP contribution in [0.2, 0.25) is 0 Å². The number of nitrogens with one attached hydrogen (secondary N) is 3. The highest BCUT2D eigenvalue weighted by Crippen LogP contribution is 2.47. The lowest BCUT2D eigenvalue weighted by Gasteiger charge is -2.33. The lowest BCUT2D eigenvalue weighted by molar-refractivity contribution is -0.149. The van der Waals surface area contributed by atoms with E-state index >= 15 is 0 Å². The van der Waals surface area contributed by atoms with Crippen LogP contribution >= 0.6 is 0 Å². The Bertz CT molecular complexity index is 1950. The van der Waals surface area contributed by atoms with Crippen molar-refractivity contribution in [3.05, 3.63) is 89.7 Å². The van der Waals surface area contributed by atoms with E-state index in [-0.39, 0.29) is 59.8 Å². The summed E-state index contributed by atoms with van der Waals surface area (Å²) in [5, 5.41) is 8.60. The summed E-state index contributed by atoms with van der Waals surface area (Å²) in [7, 11) is 2.54. The van der Waals surface area contributed by atoms with Crippen molar-refractivity contribution < 1.29 is 42.6 Å². The van der Waals surface area contributed by atoms with Crippen LogP contribution in [0.1, 0.15) is 95.9 Å². The maximum Gasteiger partial charge on any atom is 0.407 e. The Kier molecular flexibility index (Phi) is 14.9. The molecule has 3 fully saturated rings. The van der Waals surface area contributed by atoms with E-state index in [0.717, 1.165) is 29.7 Å². The molecule has 3 N–H and O–H groups in total. The third kappa shape index (κ3) is 10.4. The minimum Gasteiger partial charge on any atom is -0.469 e. The number of rotatable bonds is 14. The third-order valence-electron chi connectivity index (χ3n) is 12.4. The van der Waals surface area contributed by atoms with Gasteiger partial charge in [-0.25, -0.2) is 9.18 Å². The molecule has 3 aliphatic rings. The maximum absolute atomic E-state index is 14.2. The SMILES string of the molecule is COC(=O)C[C@H](C(=O)N1CCC[C@H]1C(=O)Nc1ccc(C2CCC(c3ccc(NC(=O)[C@@H]4CCCN4C(=O)[C@@H](NC(=O)OC)C(C)C)cc3)N2c2ccc(F)cc2)cc1)C(C)C. The van der Waals surface area contributed by atoms with Crippen molar-refractivity contribution in [2.24, 2.45) is 17.8 Å². The predicted molar refractivity (Wildman–Crippen MR) is 232 cm³/mol. The van der Waals surface area contributed by atoms with E-state index in [0.29, 0.717) is 50.1 Å². The Hall–Kier alpha value is -5.99. The number of anilines is 3. The highest BCUT2D eigenvalue weighted by Gasteiger charge is 2.41. The monoisotopic (exact) mass is 854 g/mol. The third-order valence-corrected chi connectivity index (χ3v) is 12.4. The van der Waals surface area contributed by atoms with Gasteiger partial charge in [0.1, 0.15) is 23.9 Å². The number of benzene rings is 3. The van der Waals surface area contributed by atoms with E-state index < -0.39 is 36.1 Å². The molecule has 0 spiro atoms. The van der Waals surface area contributed by atoms with Gasteiger partial charge >= 0.3 is 12.1 Å². The van der Waals surface area contributed by atoms with Crippen molar-refractivity contribution in [1.82, 2.24) is 15.1 Å². The topological polar surface area (TPSA) is 167 Å². The smallest absolute Gasteiger partial charge is 0.407 e. The van der Waals surface area contributed by atoms with Gasteiger partial charge in [-0.3, -0.25) is 24.0 Å². The van der Waals surface area contributed by atoms with Gasteiger partial charge in [-0.2, -0.15) is 0 Å². The zero-order valence-corrected chi connectivity index (χ0v) is 36.4. The second-order valence-electron chi connectivity index (χ2n) is 17.1. The number of amides is 5. The molecule has 3 aromatic rings. The molecule has 3 heterocycles. The average Bonchev–Trinajstić information content (AvgIpc) is 4.06. The number of methoxy groups -OCH3 is 2. The highest BCUT2D eigenvalue weighted by molar-refractivity contribution is 5.99. The predicted octanol–water partition coefficient (Wildman–Crippen LogP) is 6.98. The maximum atomic E-state index is 14.2. The number of esters is 1. The molecule has 0 aliphatic carbocycles. The van der Waals surface area contributed by atoms with Crippen LogP contribution in [0.25, 0.3) is 0 Å². The molecule has 6 rings (SSSR count). The molecule has 0 aromatic heterocycles. The second-order valence-corrected chi connectivity index (χ2v) is 17.1. The first-order valence-corrected chi connectivity index (χ1v) is 21.6. The summed E-state index contributed by atoms with van der Waals surface area (Å²) < 4.78 is 23.7. The summed E-state index contributed by atoms with van der Waals surface area (Å²) in [4.78, 5) is 83.7. The molecule has 3 aromatic carbocycles. The van der Waals surface area contributed by atoms with Crippen molar-refractivity contribution >= 4 is 52.8 Å². The minimum absolute atomic E-state index is 0.0383. The van der Waals surface area contributed by atoms with Crippen LogP contribution in [0.3, 0.4) is 0 Å². The van der Waals surface area contributed by atoms with Gasteiger partial charge in [0.05, 0.1) is 38.6 Å². The Morgan fingerprint density at radius 3 is 1.56 bits per heavy atom. The van der Waals surface area contributed by atoms with Crippen LogP contribution in [-0.4, -0.2) is 90.9 Å². The van der Waals surface area contributed by atoms with Crippen molar-refractivity contribution in [3.63, 3.8) is 0 Å². The van der Waals surface area contributed by atoms with Crippen LogP contribution in [0.15, 0.2) is 72.8 Å². The van der Waals surface area contributed by atoms with Crippen molar-refractivity contribution in [2.45, 2.75) is 103 Å². The number of ether oxygens (including phenoxy) is 2. The van der Waals surface area contributed by atoms with Crippen molar-refractivity contribution in [1.29, 1.82) is 0 Å². The molecule has 2 unspecified atom stereocenters. The number of nitrogens with zero attached hydrogens (tertiary/aromatic N) is 3. The van der Waals surface area contributed by atoms with Gasteiger partial charge in [-0.15, -0.1) is 0 Å². The summed E-state index contributed by atoms with van der Waals surface area (Å²) in [6.07, 6.45) is 3.21. The van der Waals surface area contributed by atoms with Gasteiger partial charge in [-0.05, 0) is 110 Å². The summed E-state index contributed by atoms with van der Waals surface area (Å²) in [6, 6.07) is 19.4. The fraction of sp³-hybridized carbons (Fsp3) is 0.489. The zero-order valence-electron chi connectivity index (χ0n) is 36.4. The molecule has 6 atom stereocenters. The molecule has 0 radical (unpaired) electrons. The summed E-state index contributed by atoms with van der Waals surface area (Å²) >= 11 is 0. The molecular weight excluding hydrogens is 796 g/mol. The molecule has 62 heavy (non-hydrogen) atoms. The van der Waals surface area contributed by atoms with E-state index in [1.165, 1.54) is 31.3 Å². The molecule has 0 saturated carbocycles. The number of carbonyl (C=O) groups is 6. The van der Waals surface area contributed by atoms with Crippen LogP contribution in [0.4, 0.5) is 26.2 Å². The molecule has 3 aliphatic heterocycles. The quantitative estimate of drug-likeness (QED) is 0.145. The van der Waals surface area contributed by atoms with Gasteiger partial charge in [0.15, 0.2) is 0 Å². The molecule has 5 amide bonds. The van der Waals surface area contributed by atoms with Crippen LogP contribution in [0.5, 0.6) is 0 Å². The number of hydrogen-bond donors (Lipinski definition) is 3. The largest absolute Gasteiger partial charge is 0.469 e. The number of hydrogen-bond acceptors (Lipinski definition) is 9. The molecular formula is C47H59FN6O8. The Morgan fingerprint density at radius 2 is 1.13 bits per heavy atom. The average molecular weight is 855 g/mol. The van der Waals surface area contributed by atoms with Gasteiger partial charge in [0.25, 0.3) is 0 Å². The molecule has 14 nitrogen and oxygen atoms in total. The van der Waals surface area contributed by atoms with Gasteiger partial charge in [-0.1, -0.05) is 52.0 Å². The summed E-state index contributed by atoms with van der Waals surface area (Å²) in [5.41, 5.74) is 4.04. The Balaban J connectivity index is 1.13. The van der Waals surface area contributed by atoms with E-state index in [1.807, 2.05) is 76.2 Å². The van der Waals surface area contributed by atoms with Crippen molar-refractivity contribution in [3.8, 4) is 0 Å². The van der Waals surface area contributed by atoms with E-state index in [2.05, 4.69) is 20.9 Å². The minimum atomic E-state index is -0.829. The number of likely N-dealkylation sites (tertiary alicyclic amines) is 2. The normalized spacial score (nSPS) is 20.8. The Labute approximate surface area is 362 Å². The summed E-state index contributed by atoms with van der Waals surface area (Å²) in [5.74, 6) is -2.82. The van der Waals surface area contributed by atoms with Crippen LogP contribution in [-0.2, 0) is 33.4 Å². The van der Waals surface area contributed by atoms with Gasteiger partial charge < -0.3 is 40.1 Å². The highest BCUT2D eigenvalue weighted by atomic mass is 19.1. The number of halogens is 1. The first-order valence-electron chi connectivity index (χ1n) is 21.6. The molecule has 3 saturated heterocycles. The summed E-state index contributed by atoms with van der Waals surface area (Å²) in [6.45, 7) is 8.27. The molecule has 15 heteroatoms. The zero-order chi connectivity index (χ0) is 44.7. The standard InChI is InChI=1S/C47H59FN6O8/c1-28(2)36(27-41(55)61-5)45(58)52-25-7-9-39(52)43(56)49-33-17-11-30(12-18-33)37-23-24-38(54(37)35-21-15-32(48)16-22-35)31-13-19-34(20-14-31)50-44(57)40-10-8-26-53(40)46(59)42(29(3)4)51-47(60)62-6/h11-22,28-29,36-40,42H,7-10,23-27H2,1-6H3,(H,49,56)(H,50,57)(H,51,60)/t36-,37?,38?,39-,40-,42-/m0/s1. The van der Waals surface area contributed by atoms with Gasteiger partial charge in [0, 0.05) is 30.2 Å². The van der Waals surface area contributed by atoms with Gasteiger partial charge in [0.2, 0.25) is 23.6 Å². The lowest BCUT2D eigenvalue weighted by atomic mass is 9.90. The Morgan fingerprint density at radius 1 is 0.645 bits per heavy atom. The van der Waals surface area contributed by atoms with Crippen LogP contribution in [0, 0.1) is 23.6 Å². The first kappa shape index (κ1) is 45.5. The van der Waals surface area contributed by atoms with E-state index in [1.54, 1.807) is 17.0 Å². The molecule has 0 bridgehead atoms.